The molecule has 0 aromatic heterocycles. The summed E-state index contributed by atoms with van der Waals surface area (Å²) in [6, 6.07) is 4.28. The number of nitrogen functional groups attached to an aromatic ring is 1. The summed E-state index contributed by atoms with van der Waals surface area (Å²) in [6.45, 7) is 1.48. The number of benzene rings is 1. The van der Waals surface area contributed by atoms with Crippen molar-refractivity contribution in [3.05, 3.63) is 29.6 Å². The Morgan fingerprint density at radius 1 is 1.29 bits per heavy atom. The summed E-state index contributed by atoms with van der Waals surface area (Å²) >= 11 is 0. The number of nitrogens with two attached hydrogens (primary N) is 1. The van der Waals surface area contributed by atoms with Gasteiger partial charge in [0.2, 0.25) is 0 Å². The van der Waals surface area contributed by atoms with Crippen molar-refractivity contribution >= 4 is 11.6 Å². The summed E-state index contributed by atoms with van der Waals surface area (Å²) in [5.41, 5.74) is 6.44. The molecule has 1 fully saturated rings. The lowest BCUT2D eigenvalue weighted by Crippen LogP contribution is -2.43. The van der Waals surface area contributed by atoms with Crippen molar-refractivity contribution in [1.82, 2.24) is 9.80 Å². The van der Waals surface area contributed by atoms with E-state index in [4.69, 9.17) is 5.73 Å². The first-order chi connectivity index (χ1) is 9.99. The van der Waals surface area contributed by atoms with Gasteiger partial charge >= 0.3 is 0 Å². The van der Waals surface area contributed by atoms with Crippen molar-refractivity contribution in [1.29, 1.82) is 0 Å². The summed E-state index contributed by atoms with van der Waals surface area (Å²) < 4.78 is 13.2. The molecular formula is C16H24FN3O. The maximum absolute atomic E-state index is 13.2. The zero-order valence-electron chi connectivity index (χ0n) is 12.8. The zero-order valence-corrected chi connectivity index (χ0v) is 12.8. The average Bonchev–Trinajstić information content (AvgIpc) is 2.92. The Balaban J connectivity index is 2.19. The van der Waals surface area contributed by atoms with Crippen molar-refractivity contribution in [2.75, 3.05) is 32.9 Å². The Hall–Kier alpha value is -1.62. The standard InChI is InChI=1S/C16H24FN3O/c1-19(2)9-10-20(13-5-3-4-6-13)16(21)14-8-7-12(17)11-15(14)18/h7-8,11,13H,3-6,9-10,18H2,1-2H3. The first-order valence-corrected chi connectivity index (χ1v) is 7.50. The minimum Gasteiger partial charge on any atom is -0.398 e. The highest BCUT2D eigenvalue weighted by Gasteiger charge is 2.28. The van der Waals surface area contributed by atoms with Crippen LogP contribution in [-0.2, 0) is 0 Å². The van der Waals surface area contributed by atoms with E-state index in [1.807, 2.05) is 19.0 Å². The SMILES string of the molecule is CN(C)CCN(C(=O)c1ccc(F)cc1N)C1CCCC1. The summed E-state index contributed by atoms with van der Waals surface area (Å²) in [7, 11) is 3.98. The van der Waals surface area contributed by atoms with Crippen LogP contribution >= 0.6 is 0 Å². The fourth-order valence-electron chi connectivity index (χ4n) is 2.86. The van der Waals surface area contributed by atoms with Crippen LogP contribution < -0.4 is 5.73 Å². The number of likely N-dealkylation sites (N-methyl/N-ethyl adjacent to an activating group) is 1. The van der Waals surface area contributed by atoms with E-state index in [0.717, 1.165) is 32.2 Å². The highest BCUT2D eigenvalue weighted by molar-refractivity contribution is 5.99. The normalized spacial score (nSPS) is 15.6. The quantitative estimate of drug-likeness (QED) is 0.848. The molecule has 0 atom stereocenters. The Morgan fingerprint density at radius 3 is 2.52 bits per heavy atom. The summed E-state index contributed by atoms with van der Waals surface area (Å²) in [6.07, 6.45) is 4.41. The molecule has 116 valence electrons. The highest BCUT2D eigenvalue weighted by atomic mass is 19.1. The molecule has 1 aromatic carbocycles. The van der Waals surface area contributed by atoms with Crippen LogP contribution in [0, 0.1) is 5.82 Å². The molecule has 1 aliphatic carbocycles. The topological polar surface area (TPSA) is 49.6 Å². The number of hydrogen-bond donors (Lipinski definition) is 1. The Labute approximate surface area is 125 Å². The number of carbonyl (C=O) groups excluding carboxylic acids is 1. The molecule has 0 bridgehead atoms. The predicted molar refractivity (Wildman–Crippen MR) is 82.7 cm³/mol. The smallest absolute Gasteiger partial charge is 0.256 e. The lowest BCUT2D eigenvalue weighted by Gasteiger charge is -2.30. The Bertz CT molecular complexity index is 498. The van der Waals surface area contributed by atoms with Crippen LogP contribution in [0.5, 0.6) is 0 Å². The van der Waals surface area contributed by atoms with Gasteiger partial charge < -0.3 is 15.5 Å². The molecule has 0 saturated heterocycles. The molecule has 4 nitrogen and oxygen atoms in total. The van der Waals surface area contributed by atoms with Crippen molar-refractivity contribution < 1.29 is 9.18 Å². The van der Waals surface area contributed by atoms with E-state index in [0.29, 0.717) is 12.1 Å². The van der Waals surface area contributed by atoms with E-state index in [-0.39, 0.29) is 17.6 Å². The largest absolute Gasteiger partial charge is 0.398 e. The third-order valence-electron chi connectivity index (χ3n) is 4.06. The molecule has 21 heavy (non-hydrogen) atoms. The maximum Gasteiger partial charge on any atom is 0.256 e. The molecule has 1 aromatic rings. The monoisotopic (exact) mass is 293 g/mol. The van der Waals surface area contributed by atoms with Gasteiger partial charge in [0.15, 0.2) is 0 Å². The van der Waals surface area contributed by atoms with E-state index in [1.165, 1.54) is 18.2 Å². The van der Waals surface area contributed by atoms with Gasteiger partial charge in [-0.15, -0.1) is 0 Å². The van der Waals surface area contributed by atoms with Gasteiger partial charge in [0, 0.05) is 24.8 Å². The van der Waals surface area contributed by atoms with E-state index < -0.39 is 5.82 Å². The maximum atomic E-state index is 13.2. The van der Waals surface area contributed by atoms with Crippen LogP contribution in [0.25, 0.3) is 0 Å². The summed E-state index contributed by atoms with van der Waals surface area (Å²) in [5.74, 6) is -0.494. The van der Waals surface area contributed by atoms with E-state index >= 15 is 0 Å². The Kier molecular flexibility index (Phi) is 5.17. The second-order valence-electron chi connectivity index (χ2n) is 5.97. The third-order valence-corrected chi connectivity index (χ3v) is 4.06. The molecule has 1 saturated carbocycles. The second kappa shape index (κ2) is 6.89. The molecule has 0 aliphatic heterocycles. The van der Waals surface area contributed by atoms with Gasteiger partial charge in [-0.05, 0) is 45.1 Å². The molecule has 0 spiro atoms. The van der Waals surface area contributed by atoms with Crippen molar-refractivity contribution in [3.8, 4) is 0 Å². The molecule has 5 heteroatoms. The van der Waals surface area contributed by atoms with Crippen molar-refractivity contribution in [3.63, 3.8) is 0 Å². The van der Waals surface area contributed by atoms with E-state index in [9.17, 15) is 9.18 Å². The molecule has 0 unspecified atom stereocenters. The first kappa shape index (κ1) is 15.8. The van der Waals surface area contributed by atoms with E-state index in [2.05, 4.69) is 4.90 Å². The number of nitrogens with zero attached hydrogens (tertiary/aromatic N) is 2. The van der Waals surface area contributed by atoms with Crippen molar-refractivity contribution in [2.24, 2.45) is 0 Å². The van der Waals surface area contributed by atoms with Gasteiger partial charge in [0.1, 0.15) is 5.82 Å². The number of rotatable bonds is 5. The van der Waals surface area contributed by atoms with Crippen molar-refractivity contribution in [2.45, 2.75) is 31.7 Å². The molecular weight excluding hydrogens is 269 g/mol. The summed E-state index contributed by atoms with van der Waals surface area (Å²) in [5, 5.41) is 0. The second-order valence-corrected chi connectivity index (χ2v) is 5.97. The van der Waals surface area contributed by atoms with E-state index in [1.54, 1.807) is 0 Å². The van der Waals surface area contributed by atoms with Crippen LogP contribution in [0.4, 0.5) is 10.1 Å². The number of halogens is 1. The predicted octanol–water partition coefficient (Wildman–Crippen LogP) is 2.35. The molecule has 1 amide bonds. The van der Waals surface area contributed by atoms with Crippen LogP contribution in [0.15, 0.2) is 18.2 Å². The first-order valence-electron chi connectivity index (χ1n) is 7.50. The fraction of sp³-hybridized carbons (Fsp3) is 0.562. The minimum absolute atomic E-state index is 0.0822. The van der Waals surface area contributed by atoms with Gasteiger partial charge in [-0.25, -0.2) is 4.39 Å². The molecule has 2 N–H and O–H groups in total. The number of hydrogen-bond acceptors (Lipinski definition) is 3. The van der Waals surface area contributed by atoms with Gasteiger partial charge in [0.25, 0.3) is 5.91 Å². The summed E-state index contributed by atoms with van der Waals surface area (Å²) in [4.78, 5) is 16.8. The average molecular weight is 293 g/mol. The van der Waals surface area contributed by atoms with Crippen LogP contribution in [0.3, 0.4) is 0 Å². The molecule has 2 rings (SSSR count). The zero-order chi connectivity index (χ0) is 15.4. The molecule has 1 aliphatic rings. The van der Waals surface area contributed by atoms with Gasteiger partial charge in [-0.2, -0.15) is 0 Å². The lowest BCUT2D eigenvalue weighted by atomic mass is 10.1. The number of anilines is 1. The molecule has 0 heterocycles. The highest BCUT2D eigenvalue weighted by Crippen LogP contribution is 2.26. The minimum atomic E-state index is -0.412. The van der Waals surface area contributed by atoms with Crippen LogP contribution in [0.2, 0.25) is 0 Å². The van der Waals surface area contributed by atoms with Gasteiger partial charge in [-0.1, -0.05) is 12.8 Å². The fourth-order valence-corrected chi connectivity index (χ4v) is 2.86. The van der Waals surface area contributed by atoms with Crippen LogP contribution in [0.1, 0.15) is 36.0 Å². The van der Waals surface area contributed by atoms with Gasteiger partial charge in [0.05, 0.1) is 5.56 Å². The van der Waals surface area contributed by atoms with Crippen LogP contribution in [-0.4, -0.2) is 48.9 Å². The van der Waals surface area contributed by atoms with Gasteiger partial charge in [-0.3, -0.25) is 4.79 Å². The third kappa shape index (κ3) is 3.94. The number of amides is 1. The lowest BCUT2D eigenvalue weighted by molar-refractivity contribution is 0.0668. The Morgan fingerprint density at radius 2 is 1.95 bits per heavy atom. The molecule has 0 radical (unpaired) electrons. The number of carbonyl (C=O) groups is 1.